The number of benzene rings is 1. The summed E-state index contributed by atoms with van der Waals surface area (Å²) in [5.41, 5.74) is 1.81. The Balaban J connectivity index is 1.22. The van der Waals surface area contributed by atoms with Crippen molar-refractivity contribution in [3.8, 4) is 11.3 Å². The van der Waals surface area contributed by atoms with Crippen molar-refractivity contribution in [2.24, 2.45) is 0 Å². The molecule has 2 heterocycles. The van der Waals surface area contributed by atoms with Crippen molar-refractivity contribution >= 4 is 17.8 Å². The Morgan fingerprint density at radius 1 is 0.966 bits per heavy atom. The molecule has 0 saturated carbocycles. The van der Waals surface area contributed by atoms with Crippen LogP contribution in [0.3, 0.4) is 0 Å². The maximum Gasteiger partial charge on any atom is 0.335 e. The van der Waals surface area contributed by atoms with Crippen LogP contribution in [-0.2, 0) is 35.2 Å². The zero-order valence-corrected chi connectivity index (χ0v) is 15.9. The Morgan fingerprint density at radius 3 is 2.38 bits per heavy atom. The predicted molar refractivity (Wildman–Crippen MR) is 98.9 cm³/mol. The SMILES string of the molecule is O=C(CCOCCOCCn1cc(-c2ccccc2)nn1)ON1C(=O)CCC1=O. The lowest BCUT2D eigenvalue weighted by Gasteiger charge is -2.12. The normalized spacial score (nSPS) is 13.9. The van der Waals surface area contributed by atoms with Crippen molar-refractivity contribution in [2.45, 2.75) is 25.8 Å². The molecule has 1 aliphatic rings. The molecular formula is C19H22N4O6. The number of ether oxygens (including phenoxy) is 2. The zero-order valence-electron chi connectivity index (χ0n) is 15.9. The average molecular weight is 402 g/mol. The molecule has 154 valence electrons. The maximum absolute atomic E-state index is 11.6. The van der Waals surface area contributed by atoms with Gasteiger partial charge in [0.05, 0.1) is 45.6 Å². The summed E-state index contributed by atoms with van der Waals surface area (Å²) in [6, 6.07) is 9.78. The van der Waals surface area contributed by atoms with Crippen LogP contribution in [0.4, 0.5) is 0 Å². The van der Waals surface area contributed by atoms with Crippen LogP contribution in [0, 0.1) is 0 Å². The second kappa shape index (κ2) is 10.4. The molecule has 1 saturated heterocycles. The third kappa shape index (κ3) is 6.19. The summed E-state index contributed by atoms with van der Waals surface area (Å²) in [4.78, 5) is 39.0. The molecule has 0 spiro atoms. The molecule has 0 N–H and O–H groups in total. The van der Waals surface area contributed by atoms with E-state index in [1.807, 2.05) is 36.5 Å². The zero-order chi connectivity index (χ0) is 20.5. The lowest BCUT2D eigenvalue weighted by atomic mass is 10.2. The number of aromatic nitrogens is 3. The van der Waals surface area contributed by atoms with Gasteiger partial charge in [0.2, 0.25) is 0 Å². The third-order valence-electron chi connectivity index (χ3n) is 4.09. The van der Waals surface area contributed by atoms with E-state index in [0.29, 0.717) is 31.4 Å². The molecule has 1 fully saturated rings. The van der Waals surface area contributed by atoms with Gasteiger partial charge in [-0.25, -0.2) is 9.48 Å². The summed E-state index contributed by atoms with van der Waals surface area (Å²) in [6.07, 6.45) is 1.94. The third-order valence-corrected chi connectivity index (χ3v) is 4.09. The van der Waals surface area contributed by atoms with Crippen LogP contribution < -0.4 is 0 Å². The number of amides is 2. The highest BCUT2D eigenvalue weighted by Crippen LogP contribution is 2.14. The number of carbonyl (C=O) groups excluding carboxylic acids is 3. The van der Waals surface area contributed by atoms with Gasteiger partial charge < -0.3 is 14.3 Å². The van der Waals surface area contributed by atoms with E-state index >= 15 is 0 Å². The van der Waals surface area contributed by atoms with E-state index in [1.165, 1.54) is 0 Å². The standard InChI is InChI=1S/C19H22N4O6/c24-17-6-7-18(25)23(17)29-19(26)8-10-27-12-13-28-11-9-22-14-16(20-21-22)15-4-2-1-3-5-15/h1-5,14H,6-13H2. The van der Waals surface area contributed by atoms with Gasteiger partial charge in [0.1, 0.15) is 5.69 Å². The number of hydroxylamine groups is 2. The first kappa shape index (κ1) is 20.6. The molecule has 10 heteroatoms. The van der Waals surface area contributed by atoms with Gasteiger partial charge in [0, 0.05) is 18.4 Å². The molecule has 0 radical (unpaired) electrons. The fourth-order valence-corrected chi connectivity index (χ4v) is 2.59. The van der Waals surface area contributed by atoms with E-state index in [9.17, 15) is 14.4 Å². The first-order valence-corrected chi connectivity index (χ1v) is 9.31. The van der Waals surface area contributed by atoms with Crippen LogP contribution in [-0.4, -0.2) is 64.3 Å². The van der Waals surface area contributed by atoms with E-state index in [4.69, 9.17) is 14.3 Å². The monoisotopic (exact) mass is 402 g/mol. The second-order valence-electron chi connectivity index (χ2n) is 6.25. The number of nitrogens with zero attached hydrogens (tertiary/aromatic N) is 4. The summed E-state index contributed by atoms with van der Waals surface area (Å²) in [7, 11) is 0. The number of rotatable bonds is 11. The maximum atomic E-state index is 11.6. The molecular weight excluding hydrogens is 380 g/mol. The van der Waals surface area contributed by atoms with Crippen LogP contribution in [0.25, 0.3) is 11.3 Å². The van der Waals surface area contributed by atoms with Gasteiger partial charge in [-0.3, -0.25) is 9.59 Å². The highest BCUT2D eigenvalue weighted by atomic mass is 16.7. The fourth-order valence-electron chi connectivity index (χ4n) is 2.59. The minimum Gasteiger partial charge on any atom is -0.378 e. The van der Waals surface area contributed by atoms with E-state index in [2.05, 4.69) is 10.3 Å². The molecule has 0 atom stereocenters. The highest BCUT2D eigenvalue weighted by molar-refractivity contribution is 6.01. The van der Waals surface area contributed by atoms with Crippen LogP contribution in [0.15, 0.2) is 36.5 Å². The predicted octanol–water partition coefficient (Wildman–Crippen LogP) is 0.976. The van der Waals surface area contributed by atoms with E-state index in [1.54, 1.807) is 4.68 Å². The fraction of sp³-hybridized carbons (Fsp3) is 0.421. The van der Waals surface area contributed by atoms with Gasteiger partial charge in [0.25, 0.3) is 11.8 Å². The quantitative estimate of drug-likeness (QED) is 0.404. The average Bonchev–Trinajstić information content (AvgIpc) is 3.33. The largest absolute Gasteiger partial charge is 0.378 e. The van der Waals surface area contributed by atoms with Crippen molar-refractivity contribution < 1.29 is 28.7 Å². The van der Waals surface area contributed by atoms with Gasteiger partial charge in [0.15, 0.2) is 0 Å². The number of imide groups is 1. The summed E-state index contributed by atoms with van der Waals surface area (Å²) in [5, 5.41) is 8.72. The summed E-state index contributed by atoms with van der Waals surface area (Å²) < 4.78 is 12.5. The number of hydrogen-bond acceptors (Lipinski definition) is 8. The molecule has 10 nitrogen and oxygen atoms in total. The summed E-state index contributed by atoms with van der Waals surface area (Å²) in [5.74, 6) is -1.68. The molecule has 3 rings (SSSR count). The molecule has 0 bridgehead atoms. The van der Waals surface area contributed by atoms with E-state index in [0.717, 1.165) is 11.3 Å². The summed E-state index contributed by atoms with van der Waals surface area (Å²) in [6.45, 7) is 1.79. The topological polar surface area (TPSA) is 113 Å². The molecule has 1 aliphatic heterocycles. The van der Waals surface area contributed by atoms with Crippen molar-refractivity contribution in [1.82, 2.24) is 20.1 Å². The van der Waals surface area contributed by atoms with E-state index in [-0.39, 0.29) is 25.9 Å². The number of hydrogen-bond donors (Lipinski definition) is 0. The Kier molecular flexibility index (Phi) is 7.42. The van der Waals surface area contributed by atoms with Gasteiger partial charge in [-0.15, -0.1) is 10.2 Å². The first-order valence-electron chi connectivity index (χ1n) is 9.31. The Labute approximate surface area is 167 Å². The molecule has 29 heavy (non-hydrogen) atoms. The molecule has 1 aromatic heterocycles. The number of carbonyl (C=O) groups is 3. The molecule has 0 aliphatic carbocycles. The Morgan fingerprint density at radius 2 is 1.66 bits per heavy atom. The van der Waals surface area contributed by atoms with Gasteiger partial charge in [-0.2, -0.15) is 0 Å². The van der Waals surface area contributed by atoms with Crippen molar-refractivity contribution in [2.75, 3.05) is 26.4 Å². The van der Waals surface area contributed by atoms with Crippen molar-refractivity contribution in [3.05, 3.63) is 36.5 Å². The van der Waals surface area contributed by atoms with Gasteiger partial charge in [-0.05, 0) is 0 Å². The van der Waals surface area contributed by atoms with Gasteiger partial charge in [-0.1, -0.05) is 35.5 Å². The Bertz CT molecular complexity index is 822. The lowest BCUT2D eigenvalue weighted by Crippen LogP contribution is -2.32. The van der Waals surface area contributed by atoms with Crippen LogP contribution >= 0.6 is 0 Å². The Hall–Kier alpha value is -3.11. The molecule has 2 aromatic rings. The van der Waals surface area contributed by atoms with Crippen LogP contribution in [0.5, 0.6) is 0 Å². The first-order chi connectivity index (χ1) is 14.1. The molecule has 2 amide bonds. The van der Waals surface area contributed by atoms with Crippen LogP contribution in [0.1, 0.15) is 19.3 Å². The minimum atomic E-state index is -0.685. The van der Waals surface area contributed by atoms with Crippen LogP contribution in [0.2, 0.25) is 0 Å². The van der Waals surface area contributed by atoms with Crippen molar-refractivity contribution in [3.63, 3.8) is 0 Å². The highest BCUT2D eigenvalue weighted by Gasteiger charge is 2.32. The molecule has 0 unspecified atom stereocenters. The smallest absolute Gasteiger partial charge is 0.335 e. The van der Waals surface area contributed by atoms with Crippen molar-refractivity contribution in [1.29, 1.82) is 0 Å². The van der Waals surface area contributed by atoms with Gasteiger partial charge >= 0.3 is 5.97 Å². The minimum absolute atomic E-state index is 0.0573. The van der Waals surface area contributed by atoms with E-state index < -0.39 is 17.8 Å². The lowest BCUT2D eigenvalue weighted by molar-refractivity contribution is -0.198. The second-order valence-corrected chi connectivity index (χ2v) is 6.25. The molecule has 1 aromatic carbocycles. The summed E-state index contributed by atoms with van der Waals surface area (Å²) >= 11 is 0.